The molecule has 2 aromatic carbocycles. The minimum absolute atomic E-state index is 0.0738. The first-order valence-corrected chi connectivity index (χ1v) is 14.2. The first-order valence-electron chi connectivity index (χ1n) is 14.2. The number of aromatic hydroxyl groups is 1. The summed E-state index contributed by atoms with van der Waals surface area (Å²) in [5, 5.41) is 19.9. The molecule has 12 heteroatoms. The van der Waals surface area contributed by atoms with Crippen LogP contribution < -0.4 is 16.4 Å². The summed E-state index contributed by atoms with van der Waals surface area (Å²) >= 11 is 0. The lowest BCUT2D eigenvalue weighted by Gasteiger charge is -2.17. The number of phenols is 1. The monoisotopic (exact) mass is 597 g/mol. The summed E-state index contributed by atoms with van der Waals surface area (Å²) in [6.45, 7) is 3.45. The molecule has 5 N–H and O–H groups in total. The number of imidazole rings is 1. The van der Waals surface area contributed by atoms with Gasteiger partial charge in [-0.25, -0.2) is 19.6 Å². The zero-order chi connectivity index (χ0) is 31.1. The predicted octanol–water partition coefficient (Wildman–Crippen LogP) is 4.50. The minimum atomic E-state index is -0.487. The fourth-order valence-electron chi connectivity index (χ4n) is 5.66. The van der Waals surface area contributed by atoms with Gasteiger partial charge in [-0.3, -0.25) is 14.2 Å². The second-order valence-corrected chi connectivity index (χ2v) is 10.5. The number of hydrogen-bond acceptors (Lipinski definition) is 8. The fourth-order valence-corrected chi connectivity index (χ4v) is 5.66. The molecule has 0 unspecified atom stereocenters. The lowest BCUT2D eigenvalue weighted by Crippen LogP contribution is -2.28. The third-order valence-corrected chi connectivity index (χ3v) is 7.77. The van der Waals surface area contributed by atoms with Crippen LogP contribution in [0.1, 0.15) is 33.9 Å². The highest BCUT2D eigenvalue weighted by molar-refractivity contribution is 6.06. The Kier molecular flexibility index (Phi) is 6.78. The number of carbonyl (C=O) groups is 2. The van der Waals surface area contributed by atoms with Crippen LogP contribution in [0.25, 0.3) is 34.1 Å². The van der Waals surface area contributed by atoms with Crippen LogP contribution in [0.2, 0.25) is 0 Å². The standard InChI is InChI=1S/C33H27N9O3/c1-2-29(44)37-27-18-21(43)8-10-23(27)33(45)39-25-11-6-19-17-20(7-9-22(19)25)42-31(24-5-3-14-35-30(24)34)38-26-12-13-28(40-32(26)42)41-16-4-15-36-41/h2-5,7-10,12-18,25,43H,1,6,11H2,(H2,34,35)(H,37,44)(H,39,45)/t25-/m0/s1. The van der Waals surface area contributed by atoms with E-state index in [1.165, 1.54) is 18.2 Å². The highest BCUT2D eigenvalue weighted by Crippen LogP contribution is 2.36. The maximum Gasteiger partial charge on any atom is 0.253 e. The van der Waals surface area contributed by atoms with E-state index in [1.807, 2.05) is 53.2 Å². The molecule has 4 heterocycles. The minimum Gasteiger partial charge on any atom is -0.508 e. The number of carbonyl (C=O) groups excluding carboxylic acids is 2. The molecular formula is C33H27N9O3. The van der Waals surface area contributed by atoms with Crippen molar-refractivity contribution in [2.24, 2.45) is 0 Å². The highest BCUT2D eigenvalue weighted by atomic mass is 16.3. The number of benzene rings is 2. The molecule has 12 nitrogen and oxygen atoms in total. The van der Waals surface area contributed by atoms with Crippen LogP contribution in [-0.4, -0.2) is 46.2 Å². The third-order valence-electron chi connectivity index (χ3n) is 7.77. The van der Waals surface area contributed by atoms with Crippen LogP contribution in [0.15, 0.2) is 98.0 Å². The Hall–Kier alpha value is -6.30. The number of hydrogen-bond donors (Lipinski definition) is 4. The number of nitrogens with zero attached hydrogens (tertiary/aromatic N) is 6. The summed E-state index contributed by atoms with van der Waals surface area (Å²) in [5.74, 6) is 0.658. The van der Waals surface area contributed by atoms with Gasteiger partial charge < -0.3 is 21.5 Å². The van der Waals surface area contributed by atoms with Crippen molar-refractivity contribution in [3.63, 3.8) is 0 Å². The van der Waals surface area contributed by atoms with E-state index in [-0.39, 0.29) is 28.9 Å². The molecule has 0 radical (unpaired) electrons. The lowest BCUT2D eigenvalue weighted by molar-refractivity contribution is -0.111. The summed E-state index contributed by atoms with van der Waals surface area (Å²) in [6.07, 6.45) is 7.67. The van der Waals surface area contributed by atoms with E-state index in [9.17, 15) is 14.7 Å². The summed E-state index contributed by atoms with van der Waals surface area (Å²) in [7, 11) is 0. The first-order chi connectivity index (χ1) is 21.9. The Bertz CT molecular complexity index is 2120. The van der Waals surface area contributed by atoms with Crippen LogP contribution in [-0.2, 0) is 11.2 Å². The van der Waals surface area contributed by atoms with Gasteiger partial charge >= 0.3 is 0 Å². The van der Waals surface area contributed by atoms with E-state index in [2.05, 4.69) is 33.4 Å². The summed E-state index contributed by atoms with van der Waals surface area (Å²) in [5.41, 5.74) is 11.6. The van der Waals surface area contributed by atoms with E-state index in [0.717, 1.165) is 29.3 Å². The molecule has 1 aliphatic carbocycles. The van der Waals surface area contributed by atoms with Crippen molar-refractivity contribution in [3.05, 3.63) is 115 Å². The number of nitrogens with one attached hydrogen (secondary N) is 2. The van der Waals surface area contributed by atoms with Crippen molar-refractivity contribution in [2.75, 3.05) is 11.1 Å². The average molecular weight is 598 g/mol. The van der Waals surface area contributed by atoms with E-state index in [4.69, 9.17) is 15.7 Å². The SMILES string of the molecule is C=CC(=O)Nc1cc(O)ccc1C(=O)N[C@H]1CCc2cc(-n3c(-c4cccnc4N)nc4ccc(-n5cccn5)nc43)ccc21. The normalized spacial score (nSPS) is 13.8. The zero-order valence-corrected chi connectivity index (χ0v) is 23.9. The molecule has 45 heavy (non-hydrogen) atoms. The first kappa shape index (κ1) is 27.5. The Balaban J connectivity index is 1.26. The maximum absolute atomic E-state index is 13.4. The molecule has 1 aliphatic rings. The van der Waals surface area contributed by atoms with Crippen LogP contribution in [0.3, 0.4) is 0 Å². The van der Waals surface area contributed by atoms with Gasteiger partial charge in [0.25, 0.3) is 5.91 Å². The van der Waals surface area contributed by atoms with Crippen molar-refractivity contribution >= 4 is 34.5 Å². The molecule has 222 valence electrons. The Labute approximate surface area is 256 Å². The summed E-state index contributed by atoms with van der Waals surface area (Å²) in [6, 6.07) is 19.3. The lowest BCUT2D eigenvalue weighted by atomic mass is 10.1. The van der Waals surface area contributed by atoms with Crippen LogP contribution >= 0.6 is 0 Å². The van der Waals surface area contributed by atoms with E-state index in [0.29, 0.717) is 40.6 Å². The number of nitrogen functional groups attached to an aromatic ring is 1. The molecule has 0 fully saturated rings. The van der Waals surface area contributed by atoms with E-state index in [1.54, 1.807) is 17.1 Å². The quantitative estimate of drug-likeness (QED) is 0.195. The Morgan fingerprint density at radius 1 is 1.04 bits per heavy atom. The van der Waals surface area contributed by atoms with Gasteiger partial charge in [-0.2, -0.15) is 5.10 Å². The molecule has 2 amide bonds. The van der Waals surface area contributed by atoms with Crippen molar-refractivity contribution < 1.29 is 14.7 Å². The Morgan fingerprint density at radius 3 is 2.73 bits per heavy atom. The number of aromatic nitrogens is 6. The number of fused-ring (bicyclic) bond motifs is 2. The molecule has 4 aromatic heterocycles. The van der Waals surface area contributed by atoms with Crippen molar-refractivity contribution in [1.82, 2.24) is 34.6 Å². The van der Waals surface area contributed by atoms with Gasteiger partial charge in [0, 0.05) is 30.3 Å². The maximum atomic E-state index is 13.4. The molecule has 0 saturated carbocycles. The smallest absolute Gasteiger partial charge is 0.253 e. The van der Waals surface area contributed by atoms with Gasteiger partial charge in [0.2, 0.25) is 5.91 Å². The topological polar surface area (TPSA) is 166 Å². The number of pyridine rings is 2. The molecule has 7 rings (SSSR count). The van der Waals surface area contributed by atoms with Crippen molar-refractivity contribution in [2.45, 2.75) is 18.9 Å². The number of anilines is 2. The number of aryl methyl sites for hydroxylation is 1. The number of nitrogens with two attached hydrogens (primary N) is 1. The van der Waals surface area contributed by atoms with E-state index >= 15 is 0 Å². The van der Waals surface area contributed by atoms with Gasteiger partial charge in [-0.1, -0.05) is 12.6 Å². The Morgan fingerprint density at radius 2 is 1.93 bits per heavy atom. The molecule has 0 spiro atoms. The number of phenolic OH excluding ortho intramolecular Hbond substituents is 1. The van der Waals surface area contributed by atoms with Gasteiger partial charge in [-0.15, -0.1) is 0 Å². The van der Waals surface area contributed by atoms with Gasteiger partial charge in [0.1, 0.15) is 17.1 Å². The number of rotatable bonds is 7. The fraction of sp³-hybridized carbons (Fsp3) is 0.0909. The zero-order valence-electron chi connectivity index (χ0n) is 23.9. The predicted molar refractivity (Wildman–Crippen MR) is 169 cm³/mol. The number of amides is 2. The molecule has 0 bridgehead atoms. The summed E-state index contributed by atoms with van der Waals surface area (Å²) in [4.78, 5) is 39.4. The highest BCUT2D eigenvalue weighted by Gasteiger charge is 2.27. The van der Waals surface area contributed by atoms with Crippen LogP contribution in [0.5, 0.6) is 5.75 Å². The second kappa shape index (κ2) is 11.1. The van der Waals surface area contributed by atoms with Crippen molar-refractivity contribution in [3.8, 4) is 28.6 Å². The van der Waals surface area contributed by atoms with Crippen LogP contribution in [0, 0.1) is 0 Å². The third kappa shape index (κ3) is 5.03. The molecule has 1 atom stereocenters. The molecule has 0 aliphatic heterocycles. The van der Waals surface area contributed by atoms with E-state index < -0.39 is 5.91 Å². The van der Waals surface area contributed by atoms with Gasteiger partial charge in [0.15, 0.2) is 17.3 Å². The van der Waals surface area contributed by atoms with Gasteiger partial charge in [0.05, 0.1) is 22.9 Å². The largest absolute Gasteiger partial charge is 0.508 e. The van der Waals surface area contributed by atoms with Crippen LogP contribution in [0.4, 0.5) is 11.5 Å². The average Bonchev–Trinajstić information content (AvgIpc) is 3.80. The second-order valence-electron chi connectivity index (χ2n) is 10.5. The molecule has 0 saturated heterocycles. The van der Waals surface area contributed by atoms with Crippen molar-refractivity contribution in [1.29, 1.82) is 0 Å². The summed E-state index contributed by atoms with van der Waals surface area (Å²) < 4.78 is 3.65. The molecular weight excluding hydrogens is 570 g/mol. The molecule has 6 aromatic rings. The van der Waals surface area contributed by atoms with Gasteiger partial charge in [-0.05, 0) is 84.6 Å².